The van der Waals surface area contributed by atoms with E-state index in [9.17, 15) is 8.42 Å². The average molecular weight is 523 g/mol. The van der Waals surface area contributed by atoms with E-state index in [-0.39, 0.29) is 29.7 Å². The van der Waals surface area contributed by atoms with Crippen molar-refractivity contribution in [3.05, 3.63) is 51.5 Å². The van der Waals surface area contributed by atoms with Gasteiger partial charge < -0.3 is 10.6 Å². The van der Waals surface area contributed by atoms with Gasteiger partial charge in [0.2, 0.25) is 10.0 Å². The van der Waals surface area contributed by atoms with Crippen LogP contribution in [0.4, 0.5) is 0 Å². The zero-order chi connectivity index (χ0) is 19.0. The minimum atomic E-state index is -3.25. The fourth-order valence-corrected chi connectivity index (χ4v) is 3.71. The van der Waals surface area contributed by atoms with E-state index < -0.39 is 10.0 Å². The Balaban J connectivity index is 0.00000364. The number of thiazole rings is 1. The Bertz CT molecular complexity index is 835. The topological polar surface area (TPSA) is 95.5 Å². The van der Waals surface area contributed by atoms with E-state index in [1.165, 1.54) is 7.05 Å². The number of hydrogen-bond acceptors (Lipinski definition) is 5. The molecule has 3 N–H and O–H groups in total. The summed E-state index contributed by atoms with van der Waals surface area (Å²) < 4.78 is 25.4. The van der Waals surface area contributed by atoms with Crippen LogP contribution in [0.2, 0.25) is 0 Å². The second-order valence-electron chi connectivity index (χ2n) is 5.74. The quantitative estimate of drug-likeness (QED) is 0.280. The Hall–Kier alpha value is -1.24. The maximum atomic E-state index is 11.6. The molecule has 0 unspecified atom stereocenters. The fraction of sp³-hybridized carbons (Fsp3) is 0.412. The summed E-state index contributed by atoms with van der Waals surface area (Å²) in [5.41, 5.74) is 2.89. The Labute approximate surface area is 182 Å². The first-order valence-electron chi connectivity index (χ1n) is 8.26. The monoisotopic (exact) mass is 523 g/mol. The molecule has 0 spiro atoms. The first-order chi connectivity index (χ1) is 12.4. The number of guanidine groups is 1. The van der Waals surface area contributed by atoms with Crippen LogP contribution in [0.15, 0.2) is 34.6 Å². The molecule has 0 aliphatic carbocycles. The van der Waals surface area contributed by atoms with Crippen LogP contribution in [0.1, 0.15) is 21.8 Å². The maximum Gasteiger partial charge on any atom is 0.215 e. The van der Waals surface area contributed by atoms with Gasteiger partial charge in [-0.15, -0.1) is 35.3 Å². The van der Waals surface area contributed by atoms with Gasteiger partial charge in [0, 0.05) is 31.9 Å². The lowest BCUT2D eigenvalue weighted by Crippen LogP contribution is -2.37. The molecule has 2 rings (SSSR count). The second-order valence-corrected chi connectivity index (χ2v) is 8.73. The third-order valence-electron chi connectivity index (χ3n) is 3.71. The zero-order valence-corrected chi connectivity index (χ0v) is 19.6. The van der Waals surface area contributed by atoms with E-state index >= 15 is 0 Å². The standard InChI is InChI=1S/C17H25N5O2S2.HI/c1-13-22-16(11-25-13)8-9-20-17(18-2)21-10-14-4-6-15(7-5-14)12-26(23,24)19-3;/h4-7,11,19H,8-10,12H2,1-3H3,(H2,18,20,21);1H. The molecule has 10 heteroatoms. The van der Waals surface area contributed by atoms with E-state index in [1.807, 2.05) is 31.2 Å². The van der Waals surface area contributed by atoms with Crippen molar-refractivity contribution in [2.45, 2.75) is 25.6 Å². The molecule has 7 nitrogen and oxygen atoms in total. The summed E-state index contributed by atoms with van der Waals surface area (Å²) in [5, 5.41) is 9.66. The predicted molar refractivity (Wildman–Crippen MR) is 122 cm³/mol. The summed E-state index contributed by atoms with van der Waals surface area (Å²) in [6.45, 7) is 3.36. The molecule has 0 aliphatic rings. The number of hydrogen-bond donors (Lipinski definition) is 3. The van der Waals surface area contributed by atoms with E-state index in [1.54, 1.807) is 18.4 Å². The number of aryl methyl sites for hydroxylation is 1. The van der Waals surface area contributed by atoms with E-state index in [0.717, 1.165) is 40.8 Å². The molecule has 0 saturated heterocycles. The van der Waals surface area contributed by atoms with Gasteiger partial charge in [-0.1, -0.05) is 24.3 Å². The van der Waals surface area contributed by atoms with Crippen molar-refractivity contribution in [2.24, 2.45) is 4.99 Å². The van der Waals surface area contributed by atoms with Crippen molar-refractivity contribution in [2.75, 3.05) is 20.6 Å². The Morgan fingerprint density at radius 3 is 2.41 bits per heavy atom. The molecule has 2 aromatic rings. The highest BCUT2D eigenvalue weighted by molar-refractivity contribution is 14.0. The summed E-state index contributed by atoms with van der Waals surface area (Å²) >= 11 is 1.66. The maximum absolute atomic E-state index is 11.6. The van der Waals surface area contributed by atoms with Gasteiger partial charge in [-0.2, -0.15) is 0 Å². The highest BCUT2D eigenvalue weighted by Gasteiger charge is 2.08. The van der Waals surface area contributed by atoms with Crippen LogP contribution < -0.4 is 15.4 Å². The van der Waals surface area contributed by atoms with Gasteiger partial charge in [-0.3, -0.25) is 4.99 Å². The molecule has 27 heavy (non-hydrogen) atoms. The number of rotatable bonds is 8. The molecule has 0 saturated carbocycles. The molecule has 0 radical (unpaired) electrons. The van der Waals surface area contributed by atoms with Gasteiger partial charge in [0.05, 0.1) is 16.5 Å². The van der Waals surface area contributed by atoms with E-state index in [4.69, 9.17) is 0 Å². The van der Waals surface area contributed by atoms with Crippen LogP contribution >= 0.6 is 35.3 Å². The molecule has 1 heterocycles. The third kappa shape index (κ3) is 8.54. The van der Waals surface area contributed by atoms with Crippen LogP contribution in [0, 0.1) is 6.92 Å². The molecular weight excluding hydrogens is 497 g/mol. The highest BCUT2D eigenvalue weighted by Crippen LogP contribution is 2.08. The van der Waals surface area contributed by atoms with Gasteiger partial charge in [-0.05, 0) is 25.1 Å². The summed E-state index contributed by atoms with van der Waals surface area (Å²) in [7, 11) is -0.0972. The Morgan fingerprint density at radius 2 is 1.85 bits per heavy atom. The van der Waals surface area contributed by atoms with E-state index in [2.05, 4.69) is 30.7 Å². The van der Waals surface area contributed by atoms with Crippen molar-refractivity contribution >= 4 is 51.3 Å². The van der Waals surface area contributed by atoms with Gasteiger partial charge in [0.15, 0.2) is 5.96 Å². The number of aliphatic imine (C=N–C) groups is 1. The number of nitrogens with zero attached hydrogens (tertiary/aromatic N) is 2. The number of aromatic nitrogens is 1. The van der Waals surface area contributed by atoms with Crippen LogP contribution in [0.3, 0.4) is 0 Å². The molecule has 1 aromatic carbocycles. The van der Waals surface area contributed by atoms with Gasteiger partial charge in [0.25, 0.3) is 0 Å². The fourth-order valence-electron chi connectivity index (χ4n) is 2.28. The average Bonchev–Trinajstić information content (AvgIpc) is 3.04. The van der Waals surface area contributed by atoms with Crippen molar-refractivity contribution < 1.29 is 8.42 Å². The van der Waals surface area contributed by atoms with Crippen molar-refractivity contribution in [1.82, 2.24) is 20.3 Å². The lowest BCUT2D eigenvalue weighted by Gasteiger charge is -2.12. The smallest absolute Gasteiger partial charge is 0.215 e. The number of sulfonamides is 1. The normalized spacial score (nSPS) is 11.7. The van der Waals surface area contributed by atoms with Crippen molar-refractivity contribution in [1.29, 1.82) is 0 Å². The van der Waals surface area contributed by atoms with Gasteiger partial charge in [-0.25, -0.2) is 18.1 Å². The summed E-state index contributed by atoms with van der Waals surface area (Å²) in [4.78, 5) is 8.64. The largest absolute Gasteiger partial charge is 0.356 e. The van der Waals surface area contributed by atoms with Crippen LogP contribution in [-0.4, -0.2) is 40.0 Å². The van der Waals surface area contributed by atoms with E-state index in [0.29, 0.717) is 6.54 Å². The van der Waals surface area contributed by atoms with Crippen LogP contribution in [0.5, 0.6) is 0 Å². The van der Waals surface area contributed by atoms with Crippen LogP contribution in [-0.2, 0) is 28.7 Å². The minimum absolute atomic E-state index is 0. The zero-order valence-electron chi connectivity index (χ0n) is 15.7. The molecular formula is C17H26IN5O2S2. The summed E-state index contributed by atoms with van der Waals surface area (Å²) in [5.74, 6) is 0.704. The lowest BCUT2D eigenvalue weighted by atomic mass is 10.1. The highest BCUT2D eigenvalue weighted by atomic mass is 127. The Morgan fingerprint density at radius 1 is 1.19 bits per heavy atom. The number of nitrogens with one attached hydrogen (secondary N) is 3. The molecule has 0 aliphatic heterocycles. The van der Waals surface area contributed by atoms with Crippen LogP contribution in [0.25, 0.3) is 0 Å². The van der Waals surface area contributed by atoms with Crippen molar-refractivity contribution in [3.8, 4) is 0 Å². The number of benzene rings is 1. The predicted octanol–water partition coefficient (Wildman–Crippen LogP) is 2.03. The minimum Gasteiger partial charge on any atom is -0.356 e. The molecule has 0 amide bonds. The third-order valence-corrected chi connectivity index (χ3v) is 5.87. The lowest BCUT2D eigenvalue weighted by molar-refractivity contribution is 0.587. The molecule has 0 atom stereocenters. The SMILES string of the molecule is CN=C(NCCc1csc(C)n1)NCc1ccc(CS(=O)(=O)NC)cc1.I. The molecule has 150 valence electrons. The Kier molecular flexibility index (Phi) is 10.2. The van der Waals surface area contributed by atoms with Gasteiger partial charge in [0.1, 0.15) is 0 Å². The molecule has 0 bridgehead atoms. The first-order valence-corrected chi connectivity index (χ1v) is 10.8. The molecule has 0 fully saturated rings. The van der Waals surface area contributed by atoms with Gasteiger partial charge >= 0.3 is 0 Å². The summed E-state index contributed by atoms with van der Waals surface area (Å²) in [6, 6.07) is 7.48. The second kappa shape index (κ2) is 11.6. The number of halogens is 1. The van der Waals surface area contributed by atoms with Crippen molar-refractivity contribution in [3.63, 3.8) is 0 Å². The summed E-state index contributed by atoms with van der Waals surface area (Å²) in [6.07, 6.45) is 0.847. The molecule has 1 aromatic heterocycles. The first kappa shape index (κ1) is 23.8.